The van der Waals surface area contributed by atoms with E-state index in [1.54, 1.807) is 19.1 Å². The largest absolute Gasteiger partial charge is 0.390 e. The van der Waals surface area contributed by atoms with Gasteiger partial charge in [0.15, 0.2) is 0 Å². The quantitative estimate of drug-likeness (QED) is 0.405. The summed E-state index contributed by atoms with van der Waals surface area (Å²) in [5.74, 6) is -5.91. The Morgan fingerprint density at radius 2 is 1.92 bits per heavy atom. The lowest BCUT2D eigenvalue weighted by Crippen LogP contribution is -2.61. The molecule has 4 N–H and O–H groups in total. The van der Waals surface area contributed by atoms with E-state index in [1.165, 1.54) is 12.2 Å². The highest BCUT2D eigenvalue weighted by atomic mass is 35.5. The number of allylic oxidation sites excluding steroid dienone is 7. The number of piperidine rings is 1. The Labute approximate surface area is 232 Å². The summed E-state index contributed by atoms with van der Waals surface area (Å²) in [6, 6.07) is -1.68. The third kappa shape index (κ3) is 4.98. The van der Waals surface area contributed by atoms with Gasteiger partial charge in [-0.2, -0.15) is 0 Å². The Hall–Kier alpha value is -1.74. The van der Waals surface area contributed by atoms with Crippen molar-refractivity contribution in [2.24, 2.45) is 35.0 Å². The van der Waals surface area contributed by atoms with Gasteiger partial charge in [-0.25, -0.2) is 8.78 Å². The number of alkyl halides is 1. The summed E-state index contributed by atoms with van der Waals surface area (Å²) < 4.78 is 31.7. The summed E-state index contributed by atoms with van der Waals surface area (Å²) in [7, 11) is 0. The second-order valence-electron chi connectivity index (χ2n) is 13.0. The molecule has 0 aromatic heterocycles. The van der Waals surface area contributed by atoms with Crippen LogP contribution in [-0.4, -0.2) is 46.8 Å². The number of carbonyl (C=O) groups is 2. The molecule has 0 aromatic carbocycles. The van der Waals surface area contributed by atoms with Crippen LogP contribution in [-0.2, 0) is 9.59 Å². The van der Waals surface area contributed by atoms with Crippen molar-refractivity contribution in [3.05, 3.63) is 45.9 Å². The van der Waals surface area contributed by atoms with Gasteiger partial charge in [-0.3, -0.25) is 9.59 Å². The van der Waals surface area contributed by atoms with Crippen LogP contribution < -0.4 is 16.0 Å². The molecule has 38 heavy (non-hydrogen) atoms. The van der Waals surface area contributed by atoms with Crippen LogP contribution in [0.1, 0.15) is 47.0 Å². The Balaban J connectivity index is 1.62. The second kappa shape index (κ2) is 9.72. The highest BCUT2D eigenvalue weighted by molar-refractivity contribution is 6.31. The van der Waals surface area contributed by atoms with Crippen LogP contribution in [0.25, 0.3) is 0 Å². The molecule has 10 heteroatoms. The molecule has 2 amide bonds. The first-order chi connectivity index (χ1) is 17.7. The molecule has 0 aromatic rings. The number of hydrogen-bond acceptors (Lipinski definition) is 4. The number of carbonyl (C=O) groups excluding carboxylic acids is 2. The lowest BCUT2D eigenvalue weighted by molar-refractivity contribution is -0.135. The van der Waals surface area contributed by atoms with Crippen molar-refractivity contribution in [3.63, 3.8) is 0 Å². The second-order valence-corrected chi connectivity index (χ2v) is 13.8. The Bertz CT molecular complexity index is 1150. The standard InChI is InChI=1S/C28H35Cl2F2N3O3/c1-27(2,3)11-17-19-16-8-15(30)23(32)20(19)21(25(36)35-16)18(13-6-5-7-14(29)22(13)31)24(34-17)26(37)33-12-9-28(4,38)10-12/h5-8,12-13,17-22,24,34,38H,9-11H2,1-4H3,(H,33,37)(H,35,36)/t12-,13?,17-,18-,19?,20?,21+,22?,24-,28+/m1/s1. The minimum Gasteiger partial charge on any atom is -0.390 e. The molecule has 3 fully saturated rings. The van der Waals surface area contributed by atoms with Gasteiger partial charge in [0.1, 0.15) is 12.0 Å². The monoisotopic (exact) mass is 569 g/mol. The molecule has 4 unspecified atom stereocenters. The molecule has 208 valence electrons. The molecule has 0 spiro atoms. The summed E-state index contributed by atoms with van der Waals surface area (Å²) in [5.41, 5.74) is -0.559. The third-order valence-electron chi connectivity index (χ3n) is 8.60. The molecule has 5 rings (SSSR count). The van der Waals surface area contributed by atoms with Gasteiger partial charge in [-0.05, 0) is 43.8 Å². The molecule has 8 atom stereocenters. The van der Waals surface area contributed by atoms with Crippen LogP contribution in [0, 0.1) is 35.0 Å². The van der Waals surface area contributed by atoms with Gasteiger partial charge >= 0.3 is 0 Å². The summed E-state index contributed by atoms with van der Waals surface area (Å²) >= 11 is 12.5. The zero-order valence-electron chi connectivity index (χ0n) is 21.9. The Kier molecular flexibility index (Phi) is 7.11. The maximum absolute atomic E-state index is 16.0. The molecule has 0 radical (unpaired) electrons. The Morgan fingerprint density at radius 3 is 2.55 bits per heavy atom. The van der Waals surface area contributed by atoms with Crippen LogP contribution in [0.3, 0.4) is 0 Å². The summed E-state index contributed by atoms with van der Waals surface area (Å²) in [6.45, 7) is 7.86. The highest BCUT2D eigenvalue weighted by Crippen LogP contribution is 2.53. The van der Waals surface area contributed by atoms with Crippen molar-refractivity contribution in [2.45, 2.75) is 76.9 Å². The van der Waals surface area contributed by atoms with Crippen molar-refractivity contribution < 1.29 is 23.5 Å². The smallest absolute Gasteiger partial charge is 0.237 e. The molecule has 3 aliphatic carbocycles. The van der Waals surface area contributed by atoms with Gasteiger partial charge in [0.05, 0.1) is 27.6 Å². The maximum atomic E-state index is 16.0. The van der Waals surface area contributed by atoms with Crippen LogP contribution in [0.4, 0.5) is 8.78 Å². The van der Waals surface area contributed by atoms with E-state index in [0.717, 1.165) is 0 Å². The Morgan fingerprint density at radius 1 is 1.24 bits per heavy atom. The van der Waals surface area contributed by atoms with Gasteiger partial charge in [0.25, 0.3) is 0 Å². The predicted octanol–water partition coefficient (Wildman–Crippen LogP) is 4.35. The molecule has 2 saturated heterocycles. The van der Waals surface area contributed by atoms with Crippen molar-refractivity contribution in [1.29, 1.82) is 0 Å². The molecular formula is C28H35Cl2F2N3O3. The molecular weight excluding hydrogens is 535 g/mol. The van der Waals surface area contributed by atoms with Gasteiger partial charge in [0, 0.05) is 41.5 Å². The SMILES string of the molecule is CC(C)(C)C[C@H]1N[C@@H](C(=O)N[C@H]2C[C@@](C)(O)C2)[C@H](C2C=CC=C(Cl)C2F)[C@@H]2C(=O)NC3=CC(Cl)=C(F)C2C31. The van der Waals surface area contributed by atoms with Gasteiger partial charge in [-0.1, -0.05) is 56.1 Å². The van der Waals surface area contributed by atoms with Crippen molar-refractivity contribution in [3.8, 4) is 0 Å². The van der Waals surface area contributed by atoms with E-state index in [0.29, 0.717) is 25.0 Å². The molecule has 5 aliphatic rings. The van der Waals surface area contributed by atoms with Crippen LogP contribution >= 0.6 is 23.2 Å². The fraction of sp³-hybridized carbons (Fsp3) is 0.643. The summed E-state index contributed by atoms with van der Waals surface area (Å²) in [5, 5.41) is 19.5. The van der Waals surface area contributed by atoms with Crippen LogP contribution in [0.5, 0.6) is 0 Å². The number of amides is 2. The minimum absolute atomic E-state index is 0.0340. The first kappa shape index (κ1) is 27.8. The number of aliphatic hydroxyl groups is 1. The number of hydrogen-bond donors (Lipinski definition) is 4. The first-order valence-electron chi connectivity index (χ1n) is 13.2. The predicted molar refractivity (Wildman–Crippen MR) is 142 cm³/mol. The topological polar surface area (TPSA) is 90.5 Å². The van der Waals surface area contributed by atoms with E-state index < -0.39 is 71.1 Å². The third-order valence-corrected chi connectivity index (χ3v) is 9.23. The van der Waals surface area contributed by atoms with E-state index in [4.69, 9.17) is 23.2 Å². The van der Waals surface area contributed by atoms with Gasteiger partial charge in [-0.15, -0.1) is 0 Å². The van der Waals surface area contributed by atoms with Crippen molar-refractivity contribution >= 4 is 35.0 Å². The lowest BCUT2D eigenvalue weighted by Gasteiger charge is -2.46. The van der Waals surface area contributed by atoms with E-state index in [-0.39, 0.29) is 21.5 Å². The van der Waals surface area contributed by atoms with Crippen LogP contribution in [0.2, 0.25) is 0 Å². The zero-order chi connectivity index (χ0) is 27.7. The highest BCUT2D eigenvalue weighted by Gasteiger charge is 2.60. The molecule has 2 aliphatic heterocycles. The van der Waals surface area contributed by atoms with Crippen molar-refractivity contribution in [2.75, 3.05) is 0 Å². The van der Waals surface area contributed by atoms with Crippen molar-refractivity contribution in [1.82, 2.24) is 16.0 Å². The summed E-state index contributed by atoms with van der Waals surface area (Å²) in [4.78, 5) is 27.6. The van der Waals surface area contributed by atoms with E-state index >= 15 is 8.78 Å². The molecule has 2 heterocycles. The zero-order valence-corrected chi connectivity index (χ0v) is 23.4. The summed E-state index contributed by atoms with van der Waals surface area (Å²) in [6.07, 6.45) is 5.80. The fourth-order valence-electron chi connectivity index (χ4n) is 7.16. The molecule has 4 bridgehead atoms. The normalized spacial score (nSPS) is 42.4. The molecule has 6 nitrogen and oxygen atoms in total. The number of halogens is 4. The van der Waals surface area contributed by atoms with Gasteiger partial charge in [0.2, 0.25) is 11.8 Å². The maximum Gasteiger partial charge on any atom is 0.237 e. The number of rotatable bonds is 4. The van der Waals surface area contributed by atoms with E-state index in [1.807, 2.05) is 0 Å². The lowest BCUT2D eigenvalue weighted by atomic mass is 9.62. The van der Waals surface area contributed by atoms with E-state index in [9.17, 15) is 14.7 Å². The van der Waals surface area contributed by atoms with Crippen LogP contribution in [0.15, 0.2) is 45.9 Å². The average molecular weight is 571 g/mol. The average Bonchev–Trinajstić information content (AvgIpc) is 2.89. The molecule has 1 saturated carbocycles. The number of nitrogens with one attached hydrogen (secondary N) is 3. The first-order valence-corrected chi connectivity index (χ1v) is 14.0. The fourth-order valence-corrected chi connectivity index (χ4v) is 7.62. The minimum atomic E-state index is -1.67. The van der Waals surface area contributed by atoms with Gasteiger partial charge < -0.3 is 21.1 Å². The van der Waals surface area contributed by atoms with E-state index in [2.05, 4.69) is 36.7 Å².